The summed E-state index contributed by atoms with van der Waals surface area (Å²) in [4.78, 5) is 11.4. The molecular weight excluding hydrogens is 485 g/mol. The van der Waals surface area contributed by atoms with Gasteiger partial charge in [0, 0.05) is 19.4 Å². The third kappa shape index (κ3) is 6.72. The summed E-state index contributed by atoms with van der Waals surface area (Å²) in [6, 6.07) is 6.46. The zero-order valence-electron chi connectivity index (χ0n) is 18.5. The van der Waals surface area contributed by atoms with Gasteiger partial charge in [-0.2, -0.15) is 26.3 Å². The summed E-state index contributed by atoms with van der Waals surface area (Å²) >= 11 is 0. The second kappa shape index (κ2) is 10.5. The van der Waals surface area contributed by atoms with Crippen molar-refractivity contribution in [3.63, 3.8) is 0 Å². The molecule has 1 N–H and O–H groups in total. The number of carbonyl (C=O) groups is 1. The van der Waals surface area contributed by atoms with Gasteiger partial charge in [-0.25, -0.2) is 4.39 Å². The number of hydrogen-bond donors (Lipinski definition) is 1. The third-order valence-electron chi connectivity index (χ3n) is 5.98. The Bertz CT molecular complexity index is 986. The second-order valence-corrected chi connectivity index (χ2v) is 8.40. The monoisotopic (exact) mass is 508 g/mol. The van der Waals surface area contributed by atoms with Gasteiger partial charge in [0.1, 0.15) is 18.5 Å². The summed E-state index contributed by atoms with van der Waals surface area (Å²) in [7, 11) is 0. The molecule has 11 heteroatoms. The molecule has 0 radical (unpaired) electrons. The highest BCUT2D eigenvalue weighted by molar-refractivity contribution is 5.65. The molecule has 3 rings (SSSR count). The van der Waals surface area contributed by atoms with Crippen LogP contribution in [-0.4, -0.2) is 30.4 Å². The Morgan fingerprint density at radius 1 is 1.00 bits per heavy atom. The van der Waals surface area contributed by atoms with Crippen molar-refractivity contribution in [2.75, 3.05) is 13.2 Å². The lowest BCUT2D eigenvalue weighted by Crippen LogP contribution is -2.27. The maximum Gasteiger partial charge on any atom is 0.416 e. The minimum atomic E-state index is -5.06. The van der Waals surface area contributed by atoms with E-state index in [4.69, 9.17) is 9.47 Å². The summed E-state index contributed by atoms with van der Waals surface area (Å²) in [6.07, 6.45) is -11.5. The molecule has 0 saturated heterocycles. The zero-order valence-corrected chi connectivity index (χ0v) is 18.5. The molecule has 2 aromatic carbocycles. The number of esters is 1. The zero-order chi connectivity index (χ0) is 26.0. The molecule has 1 saturated carbocycles. The summed E-state index contributed by atoms with van der Waals surface area (Å²) < 4.78 is 105. The van der Waals surface area contributed by atoms with E-state index in [0.29, 0.717) is 30.5 Å². The van der Waals surface area contributed by atoms with E-state index in [1.165, 1.54) is 24.3 Å². The van der Waals surface area contributed by atoms with Crippen molar-refractivity contribution in [1.29, 1.82) is 0 Å². The molecular formula is C24H23F7O4. The number of benzene rings is 2. The molecule has 0 bridgehead atoms. The van der Waals surface area contributed by atoms with Crippen LogP contribution in [0.25, 0.3) is 0 Å². The lowest BCUT2D eigenvalue weighted by Gasteiger charge is -2.29. The van der Waals surface area contributed by atoms with E-state index in [0.717, 1.165) is 6.92 Å². The summed E-state index contributed by atoms with van der Waals surface area (Å²) in [6.45, 7) is 0.172. The molecule has 1 aliphatic rings. The van der Waals surface area contributed by atoms with Gasteiger partial charge in [-0.3, -0.25) is 4.79 Å². The first-order chi connectivity index (χ1) is 16.3. The van der Waals surface area contributed by atoms with Crippen molar-refractivity contribution in [2.45, 2.75) is 50.2 Å². The van der Waals surface area contributed by atoms with Gasteiger partial charge in [-0.15, -0.1) is 0 Å². The molecule has 0 spiro atoms. The normalized spacial score (nSPS) is 21.7. The number of ether oxygens (including phenoxy) is 2. The Morgan fingerprint density at radius 3 is 2.06 bits per heavy atom. The van der Waals surface area contributed by atoms with Gasteiger partial charge in [0.2, 0.25) is 0 Å². The first-order valence-corrected chi connectivity index (χ1v) is 10.7. The van der Waals surface area contributed by atoms with Gasteiger partial charge in [0.05, 0.1) is 17.2 Å². The maximum atomic E-state index is 13.4. The van der Waals surface area contributed by atoms with Crippen LogP contribution in [0.15, 0.2) is 42.5 Å². The number of rotatable bonds is 7. The van der Waals surface area contributed by atoms with E-state index in [-0.39, 0.29) is 18.6 Å². The van der Waals surface area contributed by atoms with E-state index in [1.807, 2.05) is 0 Å². The van der Waals surface area contributed by atoms with Crippen molar-refractivity contribution < 1.29 is 50.1 Å². The second-order valence-electron chi connectivity index (χ2n) is 8.40. The Hall–Kier alpha value is -2.66. The van der Waals surface area contributed by atoms with E-state index in [9.17, 15) is 40.6 Å². The Balaban J connectivity index is 2.01. The van der Waals surface area contributed by atoms with Gasteiger partial charge in [-0.05, 0) is 60.2 Å². The van der Waals surface area contributed by atoms with Gasteiger partial charge in [0.25, 0.3) is 0 Å². The minimum Gasteiger partial charge on any atom is -0.463 e. The average molecular weight is 508 g/mol. The molecule has 1 fully saturated rings. The smallest absolute Gasteiger partial charge is 0.416 e. The molecule has 192 valence electrons. The highest BCUT2D eigenvalue weighted by atomic mass is 19.4. The van der Waals surface area contributed by atoms with Gasteiger partial charge < -0.3 is 14.6 Å². The van der Waals surface area contributed by atoms with Crippen LogP contribution >= 0.6 is 0 Å². The first kappa shape index (κ1) is 26.9. The van der Waals surface area contributed by atoms with Gasteiger partial charge in [-0.1, -0.05) is 12.1 Å². The van der Waals surface area contributed by atoms with E-state index in [1.54, 1.807) is 0 Å². The molecule has 0 heterocycles. The molecule has 4 atom stereocenters. The molecule has 0 aromatic heterocycles. The standard InChI is InChI=1S/C24H23F7O4/c1-13(33)34-12-21(16-8-17(23(26,27)28)10-18(9-16)24(29,30)31)35-20-7-4-15(11-32)22(20)14-2-5-19(25)6-3-14/h2-3,5-6,8-10,15,20-22,32H,4,7,11-12H2,1H3. The van der Waals surface area contributed by atoms with E-state index < -0.39 is 65.6 Å². The first-order valence-electron chi connectivity index (χ1n) is 10.7. The van der Waals surface area contributed by atoms with Crippen molar-refractivity contribution in [2.24, 2.45) is 5.92 Å². The summed E-state index contributed by atoms with van der Waals surface area (Å²) in [5, 5.41) is 9.80. The number of carbonyl (C=O) groups excluding carboxylic acids is 1. The molecule has 2 aromatic rings. The molecule has 0 aliphatic heterocycles. The van der Waals surface area contributed by atoms with Crippen LogP contribution in [0.1, 0.15) is 54.0 Å². The van der Waals surface area contributed by atoms with Crippen molar-refractivity contribution in [3.05, 3.63) is 70.5 Å². The Morgan fingerprint density at radius 2 is 1.57 bits per heavy atom. The Kier molecular flexibility index (Phi) is 8.10. The summed E-state index contributed by atoms with van der Waals surface area (Å²) in [5.41, 5.74) is -2.90. The van der Waals surface area contributed by atoms with Gasteiger partial charge in [0.15, 0.2) is 0 Å². The van der Waals surface area contributed by atoms with E-state index in [2.05, 4.69) is 0 Å². The highest BCUT2D eigenvalue weighted by Gasteiger charge is 2.41. The van der Waals surface area contributed by atoms with Crippen LogP contribution in [0.5, 0.6) is 0 Å². The fourth-order valence-corrected chi connectivity index (χ4v) is 4.35. The lowest BCUT2D eigenvalue weighted by molar-refractivity contribution is -0.149. The predicted molar refractivity (Wildman–Crippen MR) is 110 cm³/mol. The topological polar surface area (TPSA) is 55.8 Å². The predicted octanol–water partition coefficient (Wildman–Crippen LogP) is 6.04. The van der Waals surface area contributed by atoms with Crippen LogP contribution in [0, 0.1) is 11.7 Å². The largest absolute Gasteiger partial charge is 0.463 e. The van der Waals surface area contributed by atoms with Crippen LogP contribution in [0.3, 0.4) is 0 Å². The quantitative estimate of drug-likeness (QED) is 0.366. The lowest BCUT2D eigenvalue weighted by atomic mass is 9.88. The number of aliphatic hydroxyl groups is 1. The molecule has 1 aliphatic carbocycles. The van der Waals surface area contributed by atoms with Crippen LogP contribution in [0.2, 0.25) is 0 Å². The van der Waals surface area contributed by atoms with Crippen LogP contribution in [-0.2, 0) is 26.6 Å². The minimum absolute atomic E-state index is 0.00503. The third-order valence-corrected chi connectivity index (χ3v) is 5.98. The number of hydrogen-bond acceptors (Lipinski definition) is 4. The molecule has 0 amide bonds. The van der Waals surface area contributed by atoms with Crippen molar-refractivity contribution in [1.82, 2.24) is 0 Å². The number of aliphatic hydroxyl groups excluding tert-OH is 1. The van der Waals surface area contributed by atoms with Gasteiger partial charge >= 0.3 is 18.3 Å². The Labute approximate surface area is 196 Å². The van der Waals surface area contributed by atoms with Crippen LogP contribution < -0.4 is 0 Å². The van der Waals surface area contributed by atoms with Crippen molar-refractivity contribution in [3.8, 4) is 0 Å². The maximum absolute atomic E-state index is 13.4. The van der Waals surface area contributed by atoms with Crippen LogP contribution in [0.4, 0.5) is 30.7 Å². The number of halogens is 7. The van der Waals surface area contributed by atoms with Crippen molar-refractivity contribution >= 4 is 5.97 Å². The fraction of sp³-hybridized carbons (Fsp3) is 0.458. The highest BCUT2D eigenvalue weighted by Crippen LogP contribution is 2.44. The molecule has 35 heavy (non-hydrogen) atoms. The molecule has 4 nitrogen and oxygen atoms in total. The average Bonchev–Trinajstić information content (AvgIpc) is 3.18. The van der Waals surface area contributed by atoms with E-state index >= 15 is 0 Å². The number of alkyl halides is 6. The molecule has 4 unspecified atom stereocenters. The fourth-order valence-electron chi connectivity index (χ4n) is 4.35. The summed E-state index contributed by atoms with van der Waals surface area (Å²) in [5.74, 6) is -2.13. The SMILES string of the molecule is CC(=O)OCC(OC1CCC(CO)C1c1ccc(F)cc1)c1cc(C(F)(F)F)cc(C(F)(F)F)c1.